The van der Waals surface area contributed by atoms with Gasteiger partial charge >= 0.3 is 0 Å². The van der Waals surface area contributed by atoms with Crippen molar-refractivity contribution < 1.29 is 5.11 Å². The molecule has 2 rings (SSSR count). The summed E-state index contributed by atoms with van der Waals surface area (Å²) in [5, 5.41) is 16.6. The first-order chi connectivity index (χ1) is 11.7. The smallest absolute Gasteiger partial charge is 0.191 e. The molecule has 2 aliphatic rings. The summed E-state index contributed by atoms with van der Waals surface area (Å²) in [6, 6.07) is 1.06. The van der Waals surface area contributed by atoms with Crippen LogP contribution in [0.15, 0.2) is 4.99 Å². The normalized spacial score (nSPS) is 28.3. The fourth-order valence-corrected chi connectivity index (χ4v) is 3.85. The van der Waals surface area contributed by atoms with Gasteiger partial charge in [-0.15, -0.1) is 24.0 Å². The van der Waals surface area contributed by atoms with Crippen molar-refractivity contribution in [2.24, 2.45) is 4.99 Å². The van der Waals surface area contributed by atoms with Crippen LogP contribution in [-0.4, -0.2) is 60.3 Å². The Hall–Kier alpha value is -0.0800. The van der Waals surface area contributed by atoms with Crippen molar-refractivity contribution in [3.8, 4) is 0 Å². The van der Waals surface area contributed by atoms with E-state index in [1.165, 1.54) is 45.2 Å². The first-order valence-corrected chi connectivity index (χ1v) is 10.2. The summed E-state index contributed by atoms with van der Waals surface area (Å²) in [5.41, 5.74) is 0. The fraction of sp³-hybridized carbons (Fsp3) is 0.947. The number of aliphatic imine (C=N–C) groups is 1. The Morgan fingerprint density at radius 2 is 1.88 bits per heavy atom. The quantitative estimate of drug-likeness (QED) is 0.307. The number of likely N-dealkylation sites (tertiary alicyclic amines) is 1. The van der Waals surface area contributed by atoms with Crippen LogP contribution >= 0.6 is 24.0 Å². The zero-order chi connectivity index (χ0) is 17.2. The Balaban J connectivity index is 0.00000312. The summed E-state index contributed by atoms with van der Waals surface area (Å²) in [6.45, 7) is 8.65. The van der Waals surface area contributed by atoms with Crippen LogP contribution in [0.2, 0.25) is 0 Å². The number of piperidine rings is 1. The summed E-state index contributed by atoms with van der Waals surface area (Å²) in [6.07, 6.45) is 10.3. The standard InChI is InChI=1S/C19H38N4O.HI/c1-3-5-13-23-14-7-6-8-17(23)15-21-19(20-4-2)22-16-9-11-18(24)12-10-16;/h16-18,24H,3-15H2,1-2H3,(H2,20,21,22);1H. The first kappa shape index (κ1) is 23.0. The lowest BCUT2D eigenvalue weighted by molar-refractivity contribution is 0.120. The maximum Gasteiger partial charge on any atom is 0.191 e. The van der Waals surface area contributed by atoms with Gasteiger partial charge in [-0.25, -0.2) is 0 Å². The number of hydrogen-bond donors (Lipinski definition) is 3. The van der Waals surface area contributed by atoms with Gasteiger partial charge in [0.2, 0.25) is 0 Å². The van der Waals surface area contributed by atoms with Crippen LogP contribution in [0.3, 0.4) is 0 Å². The number of guanidine groups is 1. The highest BCUT2D eigenvalue weighted by molar-refractivity contribution is 14.0. The highest BCUT2D eigenvalue weighted by Gasteiger charge is 2.23. The minimum atomic E-state index is -0.100. The zero-order valence-corrected chi connectivity index (χ0v) is 18.5. The molecule has 1 aliphatic carbocycles. The van der Waals surface area contributed by atoms with Crippen molar-refractivity contribution in [2.75, 3.05) is 26.2 Å². The molecule has 1 atom stereocenters. The van der Waals surface area contributed by atoms with E-state index in [1.54, 1.807) is 0 Å². The number of unbranched alkanes of at least 4 members (excludes halogenated alkanes) is 1. The van der Waals surface area contributed by atoms with Crippen LogP contribution in [0, 0.1) is 0 Å². The van der Waals surface area contributed by atoms with Gasteiger partial charge in [-0.1, -0.05) is 19.8 Å². The lowest BCUT2D eigenvalue weighted by atomic mass is 9.93. The first-order valence-electron chi connectivity index (χ1n) is 10.2. The molecule has 1 aliphatic heterocycles. The van der Waals surface area contributed by atoms with Gasteiger partial charge in [0.05, 0.1) is 12.6 Å². The lowest BCUT2D eigenvalue weighted by Gasteiger charge is -2.35. The van der Waals surface area contributed by atoms with E-state index in [-0.39, 0.29) is 30.1 Å². The average molecular weight is 466 g/mol. The molecule has 0 aromatic heterocycles. The molecule has 5 nitrogen and oxygen atoms in total. The Morgan fingerprint density at radius 3 is 2.56 bits per heavy atom. The van der Waals surface area contributed by atoms with E-state index in [4.69, 9.17) is 4.99 Å². The molecule has 3 N–H and O–H groups in total. The minimum Gasteiger partial charge on any atom is -0.393 e. The Bertz CT molecular complexity index is 372. The fourth-order valence-electron chi connectivity index (χ4n) is 3.85. The monoisotopic (exact) mass is 466 g/mol. The van der Waals surface area contributed by atoms with Crippen LogP contribution in [-0.2, 0) is 0 Å². The molecule has 6 heteroatoms. The highest BCUT2D eigenvalue weighted by Crippen LogP contribution is 2.19. The average Bonchev–Trinajstić information content (AvgIpc) is 2.60. The third-order valence-electron chi connectivity index (χ3n) is 5.39. The molecular formula is C19H39IN4O. The Labute approximate surface area is 171 Å². The van der Waals surface area contributed by atoms with Crippen molar-refractivity contribution in [2.45, 2.75) is 89.8 Å². The second-order valence-electron chi connectivity index (χ2n) is 7.41. The summed E-state index contributed by atoms with van der Waals surface area (Å²) >= 11 is 0. The molecule has 2 fully saturated rings. The van der Waals surface area contributed by atoms with Crippen LogP contribution < -0.4 is 10.6 Å². The minimum absolute atomic E-state index is 0. The third kappa shape index (κ3) is 8.43. The van der Waals surface area contributed by atoms with E-state index < -0.39 is 0 Å². The van der Waals surface area contributed by atoms with Gasteiger partial charge in [-0.2, -0.15) is 0 Å². The third-order valence-corrected chi connectivity index (χ3v) is 5.39. The summed E-state index contributed by atoms with van der Waals surface area (Å²) in [4.78, 5) is 7.55. The molecule has 1 unspecified atom stereocenters. The van der Waals surface area contributed by atoms with Crippen molar-refractivity contribution in [1.82, 2.24) is 15.5 Å². The molecule has 1 saturated carbocycles. The SMILES string of the molecule is CCCCN1CCCCC1CN=C(NCC)NC1CCC(O)CC1.I. The second kappa shape index (κ2) is 13.1. The number of aliphatic hydroxyl groups excluding tert-OH is 1. The van der Waals surface area contributed by atoms with Crippen molar-refractivity contribution in [1.29, 1.82) is 0 Å². The van der Waals surface area contributed by atoms with Gasteiger partial charge in [-0.05, 0) is 65.0 Å². The summed E-state index contributed by atoms with van der Waals surface area (Å²) < 4.78 is 0. The van der Waals surface area contributed by atoms with Crippen molar-refractivity contribution in [3.05, 3.63) is 0 Å². The Kier molecular flexibility index (Phi) is 12.1. The van der Waals surface area contributed by atoms with Crippen LogP contribution in [0.25, 0.3) is 0 Å². The molecule has 0 bridgehead atoms. The van der Waals surface area contributed by atoms with Crippen LogP contribution in [0.5, 0.6) is 0 Å². The predicted octanol–water partition coefficient (Wildman–Crippen LogP) is 3.12. The molecule has 0 spiro atoms. The van der Waals surface area contributed by atoms with Crippen molar-refractivity contribution in [3.63, 3.8) is 0 Å². The highest BCUT2D eigenvalue weighted by atomic mass is 127. The van der Waals surface area contributed by atoms with E-state index in [0.717, 1.165) is 44.7 Å². The predicted molar refractivity (Wildman–Crippen MR) is 117 cm³/mol. The number of aliphatic hydroxyl groups is 1. The molecule has 0 aromatic rings. The van der Waals surface area contributed by atoms with E-state index in [0.29, 0.717) is 12.1 Å². The van der Waals surface area contributed by atoms with Gasteiger partial charge in [0.1, 0.15) is 0 Å². The van der Waals surface area contributed by atoms with Gasteiger partial charge in [-0.3, -0.25) is 9.89 Å². The van der Waals surface area contributed by atoms with Crippen LogP contribution in [0.4, 0.5) is 0 Å². The van der Waals surface area contributed by atoms with E-state index >= 15 is 0 Å². The maximum absolute atomic E-state index is 9.66. The number of hydrogen-bond acceptors (Lipinski definition) is 3. The number of halogens is 1. The zero-order valence-electron chi connectivity index (χ0n) is 16.2. The van der Waals surface area contributed by atoms with E-state index in [2.05, 4.69) is 29.4 Å². The molecule has 1 saturated heterocycles. The van der Waals surface area contributed by atoms with E-state index in [1.807, 2.05) is 0 Å². The number of rotatable bonds is 7. The summed E-state index contributed by atoms with van der Waals surface area (Å²) in [5.74, 6) is 0.958. The second-order valence-corrected chi connectivity index (χ2v) is 7.41. The summed E-state index contributed by atoms with van der Waals surface area (Å²) in [7, 11) is 0. The van der Waals surface area contributed by atoms with Gasteiger partial charge in [0, 0.05) is 18.6 Å². The molecule has 0 aromatic carbocycles. The lowest BCUT2D eigenvalue weighted by Crippen LogP contribution is -2.47. The van der Waals surface area contributed by atoms with Crippen molar-refractivity contribution >= 4 is 29.9 Å². The number of nitrogens with one attached hydrogen (secondary N) is 2. The Morgan fingerprint density at radius 1 is 1.12 bits per heavy atom. The molecule has 0 radical (unpaired) electrons. The molecule has 148 valence electrons. The van der Waals surface area contributed by atoms with Crippen LogP contribution in [0.1, 0.15) is 71.6 Å². The molecular weight excluding hydrogens is 427 g/mol. The molecule has 25 heavy (non-hydrogen) atoms. The molecule has 1 heterocycles. The maximum atomic E-state index is 9.66. The number of nitrogens with zero attached hydrogens (tertiary/aromatic N) is 2. The largest absolute Gasteiger partial charge is 0.393 e. The molecule has 0 amide bonds. The van der Waals surface area contributed by atoms with Gasteiger partial charge in [0.15, 0.2) is 5.96 Å². The topological polar surface area (TPSA) is 59.9 Å². The van der Waals surface area contributed by atoms with Gasteiger partial charge < -0.3 is 15.7 Å². The van der Waals surface area contributed by atoms with Gasteiger partial charge in [0.25, 0.3) is 0 Å². The van der Waals surface area contributed by atoms with E-state index in [9.17, 15) is 5.11 Å².